The molecule has 33 heavy (non-hydrogen) atoms. The summed E-state index contributed by atoms with van der Waals surface area (Å²) in [5.41, 5.74) is 5.03. The third-order valence-corrected chi connectivity index (χ3v) is 6.94. The molecule has 0 radical (unpaired) electrons. The first-order valence-electron chi connectivity index (χ1n) is 11.4. The number of nitrogen functional groups attached to an aromatic ring is 1. The molecule has 1 saturated carbocycles. The van der Waals surface area contributed by atoms with E-state index in [2.05, 4.69) is 10.2 Å². The fourth-order valence-electron chi connectivity index (χ4n) is 5.03. The second kappa shape index (κ2) is 9.35. The number of hydrogen-bond acceptors (Lipinski definition) is 4. The molecule has 2 aromatic carbocycles. The Morgan fingerprint density at radius 3 is 2.45 bits per heavy atom. The van der Waals surface area contributed by atoms with Crippen LogP contribution in [0, 0.1) is 11.7 Å². The highest BCUT2D eigenvalue weighted by Gasteiger charge is 2.53. The summed E-state index contributed by atoms with van der Waals surface area (Å²) >= 11 is 0. The monoisotopic (exact) mass is 461 g/mol. The van der Waals surface area contributed by atoms with Crippen molar-refractivity contribution in [1.29, 1.82) is 0 Å². The predicted octanol–water partition coefficient (Wildman–Crippen LogP) is 3.81. The zero-order valence-electron chi connectivity index (χ0n) is 18.4. The third-order valence-electron chi connectivity index (χ3n) is 6.94. The van der Waals surface area contributed by atoms with E-state index in [0.29, 0.717) is 38.0 Å². The number of aliphatic hydroxyl groups is 1. The highest BCUT2D eigenvalue weighted by atomic mass is 19.3. The lowest BCUT2D eigenvalue weighted by atomic mass is 9.79. The van der Waals surface area contributed by atoms with Crippen molar-refractivity contribution >= 4 is 11.6 Å². The number of halogens is 3. The first-order chi connectivity index (χ1) is 15.7. The summed E-state index contributed by atoms with van der Waals surface area (Å²) in [6.07, 6.45) is 0.574. The van der Waals surface area contributed by atoms with Crippen LogP contribution in [0.1, 0.15) is 43.2 Å². The van der Waals surface area contributed by atoms with Gasteiger partial charge in [-0.25, -0.2) is 13.2 Å². The first kappa shape index (κ1) is 23.6. The van der Waals surface area contributed by atoms with Gasteiger partial charge in [0.05, 0.1) is 5.69 Å². The molecular formula is C25H30F3N3O2. The Morgan fingerprint density at radius 2 is 1.85 bits per heavy atom. The summed E-state index contributed by atoms with van der Waals surface area (Å²) in [4.78, 5) is 15.5. The molecule has 1 amide bonds. The Morgan fingerprint density at radius 1 is 1.15 bits per heavy atom. The van der Waals surface area contributed by atoms with Crippen molar-refractivity contribution in [3.05, 3.63) is 65.5 Å². The van der Waals surface area contributed by atoms with Gasteiger partial charge in [-0.3, -0.25) is 9.69 Å². The molecule has 5 nitrogen and oxygen atoms in total. The van der Waals surface area contributed by atoms with Gasteiger partial charge < -0.3 is 16.2 Å². The number of anilines is 1. The molecule has 178 valence electrons. The Kier molecular flexibility index (Phi) is 6.68. The number of nitrogens with two attached hydrogens (primary N) is 1. The summed E-state index contributed by atoms with van der Waals surface area (Å²) < 4.78 is 41.3. The molecule has 0 aromatic heterocycles. The molecular weight excluding hydrogens is 431 g/mol. The Bertz CT molecular complexity index is 980. The Labute approximate surface area is 191 Å². The first-order valence-corrected chi connectivity index (χ1v) is 11.4. The van der Waals surface area contributed by atoms with Crippen LogP contribution >= 0.6 is 0 Å². The average molecular weight is 462 g/mol. The molecule has 4 N–H and O–H groups in total. The van der Waals surface area contributed by atoms with Crippen LogP contribution in [0.5, 0.6) is 0 Å². The molecule has 1 saturated heterocycles. The maximum atomic E-state index is 14.0. The second-order valence-electron chi connectivity index (χ2n) is 9.31. The van der Waals surface area contributed by atoms with E-state index in [9.17, 15) is 23.1 Å². The van der Waals surface area contributed by atoms with Crippen molar-refractivity contribution < 1.29 is 23.1 Å². The van der Waals surface area contributed by atoms with Gasteiger partial charge in [-0.2, -0.15) is 0 Å². The molecule has 2 fully saturated rings. The molecule has 2 aliphatic rings. The molecule has 2 aromatic rings. The van der Waals surface area contributed by atoms with Gasteiger partial charge in [-0.1, -0.05) is 36.4 Å². The summed E-state index contributed by atoms with van der Waals surface area (Å²) in [6.45, 7) is 2.03. The quantitative estimate of drug-likeness (QED) is 0.572. The number of alkyl halides is 2. The van der Waals surface area contributed by atoms with Crippen LogP contribution in [0.2, 0.25) is 0 Å². The highest BCUT2D eigenvalue weighted by Crippen LogP contribution is 2.47. The summed E-state index contributed by atoms with van der Waals surface area (Å²) in [5, 5.41) is 14.4. The molecule has 0 spiro atoms. The third kappa shape index (κ3) is 5.17. The Hall–Kier alpha value is -2.58. The SMILES string of the molecule is Nc1cc(CN2CCC(NC(=O)C(O)(c3ccccc3)[C@@H]3CCC(F)(F)C3)CC2)ccc1F. The van der Waals surface area contributed by atoms with E-state index in [-0.39, 0.29) is 24.6 Å². The van der Waals surface area contributed by atoms with Crippen molar-refractivity contribution in [2.75, 3.05) is 18.8 Å². The van der Waals surface area contributed by atoms with Gasteiger partial charge in [-0.15, -0.1) is 0 Å². The van der Waals surface area contributed by atoms with Crippen LogP contribution in [-0.2, 0) is 16.9 Å². The number of carbonyl (C=O) groups excluding carboxylic acids is 1. The van der Waals surface area contributed by atoms with Gasteiger partial charge in [0, 0.05) is 44.4 Å². The van der Waals surface area contributed by atoms with Gasteiger partial charge in [0.2, 0.25) is 5.92 Å². The van der Waals surface area contributed by atoms with Crippen LogP contribution in [-0.4, -0.2) is 41.0 Å². The largest absolute Gasteiger partial charge is 0.396 e. The number of nitrogens with one attached hydrogen (secondary N) is 1. The molecule has 8 heteroatoms. The smallest absolute Gasteiger partial charge is 0.257 e. The van der Waals surface area contributed by atoms with E-state index in [1.165, 1.54) is 6.07 Å². The number of nitrogens with zero attached hydrogens (tertiary/aromatic N) is 1. The number of piperidine rings is 1. The van der Waals surface area contributed by atoms with Crippen molar-refractivity contribution in [3.63, 3.8) is 0 Å². The number of amides is 1. The number of likely N-dealkylation sites (tertiary alicyclic amines) is 1. The van der Waals surface area contributed by atoms with E-state index in [1.807, 2.05) is 0 Å². The standard InChI is InChI=1S/C25H30F3N3O2/c26-21-7-6-17(14-22(21)29)16-31-12-9-20(10-13-31)30-23(32)25(33,18-4-2-1-3-5-18)19-8-11-24(27,28)15-19/h1-7,14,19-20,33H,8-13,15-16,29H2,(H,30,32)/t19-,25?/m1/s1. The topological polar surface area (TPSA) is 78.6 Å². The normalized spacial score (nSPS) is 23.2. The predicted molar refractivity (Wildman–Crippen MR) is 120 cm³/mol. The minimum absolute atomic E-state index is 0.0884. The minimum atomic E-state index is -2.87. The number of rotatable bonds is 6. The van der Waals surface area contributed by atoms with Crippen molar-refractivity contribution in [1.82, 2.24) is 10.2 Å². The van der Waals surface area contributed by atoms with Crippen molar-refractivity contribution in [2.45, 2.75) is 56.2 Å². The van der Waals surface area contributed by atoms with Crippen molar-refractivity contribution in [3.8, 4) is 0 Å². The molecule has 1 aliphatic heterocycles. The fraction of sp³-hybridized carbons (Fsp3) is 0.480. The molecule has 2 atom stereocenters. The maximum Gasteiger partial charge on any atom is 0.257 e. The second-order valence-corrected chi connectivity index (χ2v) is 9.31. The van der Waals surface area contributed by atoms with Gasteiger partial charge in [0.1, 0.15) is 5.82 Å². The van der Waals surface area contributed by atoms with E-state index in [1.54, 1.807) is 42.5 Å². The molecule has 4 rings (SSSR count). The van der Waals surface area contributed by atoms with Crippen LogP contribution in [0.3, 0.4) is 0 Å². The highest BCUT2D eigenvalue weighted by molar-refractivity contribution is 5.87. The number of carbonyl (C=O) groups is 1. The van der Waals surface area contributed by atoms with E-state index in [0.717, 1.165) is 5.56 Å². The average Bonchev–Trinajstić information content (AvgIpc) is 3.17. The number of hydrogen-bond donors (Lipinski definition) is 3. The van der Waals surface area contributed by atoms with Gasteiger partial charge in [0.25, 0.3) is 5.91 Å². The molecule has 1 unspecified atom stereocenters. The van der Waals surface area contributed by atoms with Crippen molar-refractivity contribution in [2.24, 2.45) is 5.92 Å². The maximum absolute atomic E-state index is 14.0. The van der Waals surface area contributed by atoms with E-state index < -0.39 is 35.6 Å². The lowest BCUT2D eigenvalue weighted by molar-refractivity contribution is -0.149. The summed E-state index contributed by atoms with van der Waals surface area (Å²) in [5.74, 6) is -4.77. The van der Waals surface area contributed by atoms with Crippen LogP contribution < -0.4 is 11.1 Å². The van der Waals surface area contributed by atoms with E-state index in [4.69, 9.17) is 5.73 Å². The lowest BCUT2D eigenvalue weighted by Gasteiger charge is -2.37. The van der Waals surface area contributed by atoms with E-state index >= 15 is 0 Å². The number of benzene rings is 2. The molecule has 0 bridgehead atoms. The molecule has 1 heterocycles. The zero-order chi connectivity index (χ0) is 23.6. The molecule has 1 aliphatic carbocycles. The van der Waals surface area contributed by atoms with Crippen LogP contribution in [0.15, 0.2) is 48.5 Å². The zero-order valence-corrected chi connectivity index (χ0v) is 18.4. The summed E-state index contributed by atoms with van der Waals surface area (Å²) in [7, 11) is 0. The van der Waals surface area contributed by atoms with Gasteiger partial charge in [-0.05, 0) is 42.5 Å². The lowest BCUT2D eigenvalue weighted by Crippen LogP contribution is -2.54. The minimum Gasteiger partial charge on any atom is -0.396 e. The fourth-order valence-corrected chi connectivity index (χ4v) is 5.03. The summed E-state index contributed by atoms with van der Waals surface area (Å²) in [6, 6.07) is 12.9. The van der Waals surface area contributed by atoms with Crippen LogP contribution in [0.4, 0.5) is 18.9 Å². The van der Waals surface area contributed by atoms with Crippen LogP contribution in [0.25, 0.3) is 0 Å². The Balaban J connectivity index is 1.40. The van der Waals surface area contributed by atoms with Gasteiger partial charge >= 0.3 is 0 Å². The van der Waals surface area contributed by atoms with Gasteiger partial charge in [0.15, 0.2) is 5.60 Å².